The van der Waals surface area contributed by atoms with Crippen LogP contribution in [0, 0.1) is 0 Å². The summed E-state index contributed by atoms with van der Waals surface area (Å²) >= 11 is 0. The highest BCUT2D eigenvalue weighted by molar-refractivity contribution is 5.91. The largest absolute Gasteiger partial charge is 0.481 e. The lowest BCUT2D eigenvalue weighted by atomic mass is 10.2. The molecule has 0 aliphatic carbocycles. The van der Waals surface area contributed by atoms with Crippen molar-refractivity contribution in [1.82, 2.24) is 4.98 Å². The topological polar surface area (TPSA) is 76.5 Å². The van der Waals surface area contributed by atoms with E-state index < -0.39 is 36.0 Å². The summed E-state index contributed by atoms with van der Waals surface area (Å²) in [6, 6.07) is 1.70. The minimum Gasteiger partial charge on any atom is -0.481 e. The molecule has 0 bridgehead atoms. The van der Waals surface area contributed by atoms with E-state index in [0.717, 1.165) is 12.3 Å². The first kappa shape index (κ1) is 12.9. The van der Waals surface area contributed by atoms with Crippen molar-refractivity contribution in [1.29, 1.82) is 0 Å². The Morgan fingerprint density at radius 3 is 2.59 bits per heavy atom. The standard InChI is InChI=1S/C9H6F3NO4/c10-9(11,12)5-2-1-3-13-8(5)17-7(16)4-6(14)15/h1-3H,4H2,(H,14,15). The molecule has 0 aliphatic heterocycles. The molecule has 0 aliphatic rings. The molecular weight excluding hydrogens is 243 g/mol. The third-order valence-corrected chi connectivity index (χ3v) is 1.58. The normalized spacial score (nSPS) is 11.0. The maximum absolute atomic E-state index is 12.4. The maximum Gasteiger partial charge on any atom is 0.421 e. The van der Waals surface area contributed by atoms with Gasteiger partial charge in [0.25, 0.3) is 0 Å². The van der Waals surface area contributed by atoms with Gasteiger partial charge in [-0.05, 0) is 12.1 Å². The number of aliphatic carboxylic acids is 1. The summed E-state index contributed by atoms with van der Waals surface area (Å²) in [6.45, 7) is 0. The van der Waals surface area contributed by atoms with Gasteiger partial charge < -0.3 is 9.84 Å². The number of pyridine rings is 1. The van der Waals surface area contributed by atoms with Crippen molar-refractivity contribution in [3.05, 3.63) is 23.9 Å². The quantitative estimate of drug-likeness (QED) is 0.648. The summed E-state index contributed by atoms with van der Waals surface area (Å²) < 4.78 is 41.5. The Kier molecular flexibility index (Phi) is 3.66. The number of halogens is 3. The summed E-state index contributed by atoms with van der Waals surface area (Å²) in [5.74, 6) is -3.77. The zero-order valence-corrected chi connectivity index (χ0v) is 8.19. The van der Waals surface area contributed by atoms with Gasteiger partial charge in [-0.1, -0.05) is 0 Å². The van der Waals surface area contributed by atoms with Crippen LogP contribution in [0.3, 0.4) is 0 Å². The third-order valence-electron chi connectivity index (χ3n) is 1.58. The molecule has 92 valence electrons. The zero-order valence-electron chi connectivity index (χ0n) is 8.19. The third kappa shape index (κ3) is 3.74. The Bertz CT molecular complexity index is 444. The molecule has 0 amide bonds. The number of carboxylic acids is 1. The van der Waals surface area contributed by atoms with Crippen LogP contribution in [0.25, 0.3) is 0 Å². The summed E-state index contributed by atoms with van der Waals surface area (Å²) in [5, 5.41) is 8.25. The molecular formula is C9H6F3NO4. The molecule has 0 saturated carbocycles. The molecule has 8 heteroatoms. The molecule has 1 heterocycles. The first-order valence-corrected chi connectivity index (χ1v) is 4.25. The minimum atomic E-state index is -4.73. The van der Waals surface area contributed by atoms with Gasteiger partial charge in [0, 0.05) is 6.20 Å². The lowest BCUT2D eigenvalue weighted by Gasteiger charge is -2.10. The van der Waals surface area contributed by atoms with Crippen molar-refractivity contribution in [3.63, 3.8) is 0 Å². The molecule has 5 nitrogen and oxygen atoms in total. The summed E-state index contributed by atoms with van der Waals surface area (Å²) in [6.07, 6.45) is -4.76. The Labute approximate surface area is 92.8 Å². The number of ether oxygens (including phenoxy) is 1. The molecule has 1 aromatic rings. The summed E-state index contributed by atoms with van der Waals surface area (Å²) in [5.41, 5.74) is -1.24. The fourth-order valence-electron chi connectivity index (χ4n) is 0.955. The van der Waals surface area contributed by atoms with Crippen molar-refractivity contribution in [3.8, 4) is 5.88 Å². The van der Waals surface area contributed by atoms with E-state index in [1.165, 1.54) is 0 Å². The Morgan fingerprint density at radius 2 is 2.06 bits per heavy atom. The van der Waals surface area contributed by atoms with E-state index in [2.05, 4.69) is 9.72 Å². The Morgan fingerprint density at radius 1 is 1.41 bits per heavy atom. The molecule has 1 rings (SSSR count). The number of carbonyl (C=O) groups excluding carboxylic acids is 1. The Balaban J connectivity index is 2.92. The van der Waals surface area contributed by atoms with Crippen LogP contribution >= 0.6 is 0 Å². The molecule has 0 fully saturated rings. The number of hydrogen-bond acceptors (Lipinski definition) is 4. The van der Waals surface area contributed by atoms with E-state index in [0.29, 0.717) is 6.07 Å². The first-order valence-electron chi connectivity index (χ1n) is 4.25. The minimum absolute atomic E-state index is 0.677. The highest BCUT2D eigenvalue weighted by Gasteiger charge is 2.35. The van der Waals surface area contributed by atoms with E-state index in [-0.39, 0.29) is 0 Å². The van der Waals surface area contributed by atoms with Gasteiger partial charge in [0.15, 0.2) is 0 Å². The maximum atomic E-state index is 12.4. The fourth-order valence-corrected chi connectivity index (χ4v) is 0.955. The van der Waals surface area contributed by atoms with Gasteiger partial charge in [0.2, 0.25) is 5.88 Å². The van der Waals surface area contributed by atoms with Gasteiger partial charge in [-0.25, -0.2) is 4.98 Å². The average Bonchev–Trinajstić information content (AvgIpc) is 2.15. The number of alkyl halides is 3. The van der Waals surface area contributed by atoms with Crippen LogP contribution in [0.1, 0.15) is 12.0 Å². The second-order valence-electron chi connectivity index (χ2n) is 2.90. The first-order chi connectivity index (χ1) is 7.80. The summed E-state index contributed by atoms with van der Waals surface area (Å²) in [4.78, 5) is 24.3. The van der Waals surface area contributed by atoms with Crippen LogP contribution in [-0.4, -0.2) is 22.0 Å². The van der Waals surface area contributed by atoms with Gasteiger partial charge in [-0.15, -0.1) is 0 Å². The van der Waals surface area contributed by atoms with Crippen LogP contribution in [0.2, 0.25) is 0 Å². The van der Waals surface area contributed by atoms with Crippen molar-refractivity contribution in [2.24, 2.45) is 0 Å². The smallest absolute Gasteiger partial charge is 0.421 e. The lowest BCUT2D eigenvalue weighted by Crippen LogP contribution is -2.17. The number of nitrogens with zero attached hydrogens (tertiary/aromatic N) is 1. The number of hydrogen-bond donors (Lipinski definition) is 1. The van der Waals surface area contributed by atoms with E-state index in [1.807, 2.05) is 0 Å². The monoisotopic (exact) mass is 249 g/mol. The molecule has 0 spiro atoms. The van der Waals surface area contributed by atoms with Crippen LogP contribution in [0.5, 0.6) is 5.88 Å². The average molecular weight is 249 g/mol. The second-order valence-corrected chi connectivity index (χ2v) is 2.90. The molecule has 0 unspecified atom stereocenters. The second kappa shape index (κ2) is 4.81. The molecule has 0 aromatic carbocycles. The van der Waals surface area contributed by atoms with Gasteiger partial charge in [0.1, 0.15) is 12.0 Å². The van der Waals surface area contributed by atoms with E-state index >= 15 is 0 Å². The fraction of sp³-hybridized carbons (Fsp3) is 0.222. The van der Waals surface area contributed by atoms with Crippen LogP contribution < -0.4 is 4.74 Å². The van der Waals surface area contributed by atoms with Crippen molar-refractivity contribution < 1.29 is 32.6 Å². The van der Waals surface area contributed by atoms with Crippen molar-refractivity contribution in [2.75, 3.05) is 0 Å². The predicted octanol–water partition coefficient (Wildman–Crippen LogP) is 1.48. The van der Waals surface area contributed by atoms with Crippen LogP contribution in [-0.2, 0) is 15.8 Å². The highest BCUT2D eigenvalue weighted by atomic mass is 19.4. The Hall–Kier alpha value is -2.12. The summed E-state index contributed by atoms with van der Waals surface area (Å²) in [7, 11) is 0. The van der Waals surface area contributed by atoms with Crippen LogP contribution in [0.15, 0.2) is 18.3 Å². The molecule has 1 aromatic heterocycles. The van der Waals surface area contributed by atoms with Crippen LogP contribution in [0.4, 0.5) is 13.2 Å². The highest BCUT2D eigenvalue weighted by Crippen LogP contribution is 2.34. The SMILES string of the molecule is O=C(O)CC(=O)Oc1ncccc1C(F)(F)F. The number of rotatable bonds is 3. The molecule has 17 heavy (non-hydrogen) atoms. The number of aromatic nitrogens is 1. The number of carboxylic acid groups (broad SMARTS) is 1. The zero-order chi connectivity index (χ0) is 13.1. The van der Waals surface area contributed by atoms with Crippen molar-refractivity contribution >= 4 is 11.9 Å². The van der Waals surface area contributed by atoms with Crippen molar-refractivity contribution in [2.45, 2.75) is 12.6 Å². The van der Waals surface area contributed by atoms with E-state index in [4.69, 9.17) is 5.11 Å². The van der Waals surface area contributed by atoms with E-state index in [1.54, 1.807) is 0 Å². The molecule has 0 saturated heterocycles. The van der Waals surface area contributed by atoms with Gasteiger partial charge in [-0.3, -0.25) is 9.59 Å². The molecule has 1 N–H and O–H groups in total. The number of carbonyl (C=O) groups is 2. The molecule has 0 radical (unpaired) electrons. The van der Waals surface area contributed by atoms with E-state index in [9.17, 15) is 22.8 Å². The van der Waals surface area contributed by atoms with Gasteiger partial charge in [-0.2, -0.15) is 13.2 Å². The number of esters is 1. The predicted molar refractivity (Wildman–Crippen MR) is 47.1 cm³/mol. The lowest BCUT2D eigenvalue weighted by molar-refractivity contribution is -0.147. The molecule has 0 atom stereocenters. The van der Waals surface area contributed by atoms with Gasteiger partial charge >= 0.3 is 18.1 Å². The van der Waals surface area contributed by atoms with Gasteiger partial charge in [0.05, 0.1) is 0 Å².